The average molecular weight is 276 g/mol. The summed E-state index contributed by atoms with van der Waals surface area (Å²) in [6.45, 7) is 2.01. The number of ether oxygens (including phenoxy) is 2. The van der Waals surface area contributed by atoms with Gasteiger partial charge in [-0.1, -0.05) is 18.2 Å². The van der Waals surface area contributed by atoms with Crippen LogP contribution in [0.2, 0.25) is 0 Å². The number of rotatable bonds is 5. The van der Waals surface area contributed by atoms with Crippen molar-refractivity contribution in [2.75, 3.05) is 7.11 Å². The van der Waals surface area contributed by atoms with E-state index in [1.165, 1.54) is 12.1 Å². The maximum absolute atomic E-state index is 12.8. The van der Waals surface area contributed by atoms with Gasteiger partial charge in [0.2, 0.25) is 0 Å². The molecule has 2 aromatic rings. The van der Waals surface area contributed by atoms with Gasteiger partial charge in [-0.25, -0.2) is 4.39 Å². The minimum absolute atomic E-state index is 0.271. The van der Waals surface area contributed by atoms with Crippen LogP contribution in [0.5, 0.6) is 11.5 Å². The van der Waals surface area contributed by atoms with Crippen molar-refractivity contribution in [3.05, 3.63) is 59.4 Å². The Morgan fingerprint density at radius 2 is 1.80 bits per heavy atom. The summed E-state index contributed by atoms with van der Waals surface area (Å²) in [5.74, 6) is 0.874. The highest BCUT2D eigenvalue weighted by Gasteiger charge is 2.09. The Labute approximate surface area is 117 Å². The number of aliphatic hydroxyl groups is 1. The molecule has 106 valence electrons. The maximum Gasteiger partial charge on any atom is 0.161 e. The molecule has 0 saturated carbocycles. The van der Waals surface area contributed by atoms with Crippen molar-refractivity contribution in [3.8, 4) is 11.5 Å². The summed E-state index contributed by atoms with van der Waals surface area (Å²) in [5.41, 5.74) is 1.63. The highest BCUT2D eigenvalue weighted by Crippen LogP contribution is 2.30. The lowest BCUT2D eigenvalue weighted by Gasteiger charge is -2.13. The summed E-state index contributed by atoms with van der Waals surface area (Å²) in [6, 6.07) is 11.4. The summed E-state index contributed by atoms with van der Waals surface area (Å²) in [6.07, 6.45) is -0.560. The van der Waals surface area contributed by atoms with Gasteiger partial charge in [0, 0.05) is 0 Å². The van der Waals surface area contributed by atoms with Crippen LogP contribution in [0.25, 0.3) is 0 Å². The van der Waals surface area contributed by atoms with E-state index < -0.39 is 6.10 Å². The molecule has 0 aliphatic heterocycles. The van der Waals surface area contributed by atoms with Crippen LogP contribution in [-0.2, 0) is 6.61 Å². The van der Waals surface area contributed by atoms with Gasteiger partial charge >= 0.3 is 0 Å². The zero-order valence-electron chi connectivity index (χ0n) is 11.5. The molecule has 0 amide bonds. The number of halogens is 1. The molecular formula is C16H17FO3. The quantitative estimate of drug-likeness (QED) is 0.908. The van der Waals surface area contributed by atoms with Gasteiger partial charge in [-0.2, -0.15) is 0 Å². The molecule has 20 heavy (non-hydrogen) atoms. The summed E-state index contributed by atoms with van der Waals surface area (Å²) < 4.78 is 23.7. The van der Waals surface area contributed by atoms with Crippen LogP contribution in [-0.4, -0.2) is 12.2 Å². The first-order valence-corrected chi connectivity index (χ1v) is 6.33. The van der Waals surface area contributed by atoms with Crippen molar-refractivity contribution in [3.63, 3.8) is 0 Å². The Morgan fingerprint density at radius 1 is 1.10 bits per heavy atom. The van der Waals surface area contributed by atoms with Crippen LogP contribution >= 0.6 is 0 Å². The number of hydrogen-bond donors (Lipinski definition) is 1. The first-order valence-electron chi connectivity index (χ1n) is 6.33. The third-order valence-electron chi connectivity index (χ3n) is 2.98. The van der Waals surface area contributed by atoms with E-state index in [1.807, 2.05) is 0 Å². The molecule has 2 aromatic carbocycles. The van der Waals surface area contributed by atoms with Gasteiger partial charge in [-0.05, 0) is 42.3 Å². The molecule has 0 unspecified atom stereocenters. The van der Waals surface area contributed by atoms with E-state index in [4.69, 9.17) is 9.47 Å². The monoisotopic (exact) mass is 276 g/mol. The molecule has 0 aliphatic rings. The van der Waals surface area contributed by atoms with Crippen molar-refractivity contribution in [1.29, 1.82) is 0 Å². The number of methoxy groups -OCH3 is 1. The molecule has 1 N–H and O–H groups in total. The van der Waals surface area contributed by atoms with E-state index in [0.29, 0.717) is 18.1 Å². The first-order chi connectivity index (χ1) is 9.60. The number of hydrogen-bond acceptors (Lipinski definition) is 3. The molecule has 0 saturated heterocycles. The van der Waals surface area contributed by atoms with Crippen molar-refractivity contribution < 1.29 is 19.0 Å². The summed E-state index contributed by atoms with van der Waals surface area (Å²) >= 11 is 0. The van der Waals surface area contributed by atoms with Gasteiger partial charge in [0.25, 0.3) is 0 Å². The standard InChI is InChI=1S/C16H17FO3/c1-11(18)13-5-8-15(16(9-13)19-2)20-10-12-3-6-14(17)7-4-12/h3-9,11,18H,10H2,1-2H3/t11-/m0/s1. The Kier molecular flexibility index (Phi) is 4.58. The van der Waals surface area contributed by atoms with Gasteiger partial charge in [0.1, 0.15) is 12.4 Å². The zero-order valence-corrected chi connectivity index (χ0v) is 11.5. The number of benzene rings is 2. The molecule has 4 heteroatoms. The fraction of sp³-hybridized carbons (Fsp3) is 0.250. The van der Waals surface area contributed by atoms with Crippen molar-refractivity contribution >= 4 is 0 Å². The van der Waals surface area contributed by atoms with Gasteiger partial charge in [0.15, 0.2) is 11.5 Å². The van der Waals surface area contributed by atoms with Crippen molar-refractivity contribution in [1.82, 2.24) is 0 Å². The third-order valence-corrected chi connectivity index (χ3v) is 2.98. The molecule has 2 rings (SSSR count). The molecule has 0 heterocycles. The topological polar surface area (TPSA) is 38.7 Å². The molecule has 0 fully saturated rings. The van der Waals surface area contributed by atoms with Crippen LogP contribution in [0.15, 0.2) is 42.5 Å². The predicted molar refractivity (Wildman–Crippen MR) is 74.4 cm³/mol. The second-order valence-electron chi connectivity index (χ2n) is 4.50. The van der Waals surface area contributed by atoms with E-state index in [1.54, 1.807) is 44.4 Å². The lowest BCUT2D eigenvalue weighted by Crippen LogP contribution is -1.99. The minimum atomic E-state index is -0.560. The molecule has 0 radical (unpaired) electrons. The smallest absolute Gasteiger partial charge is 0.161 e. The first kappa shape index (κ1) is 14.3. The Bertz CT molecular complexity index is 564. The Balaban J connectivity index is 2.10. The fourth-order valence-corrected chi connectivity index (χ4v) is 1.80. The van der Waals surface area contributed by atoms with Crippen LogP contribution in [0, 0.1) is 5.82 Å². The Hall–Kier alpha value is -2.07. The molecule has 1 atom stereocenters. The van der Waals surface area contributed by atoms with E-state index in [9.17, 15) is 9.50 Å². The summed E-state index contributed by atoms with van der Waals surface area (Å²) in [5, 5.41) is 9.54. The normalized spacial score (nSPS) is 12.0. The predicted octanol–water partition coefficient (Wildman–Crippen LogP) is 3.47. The molecule has 0 spiro atoms. The van der Waals surface area contributed by atoms with Gasteiger partial charge < -0.3 is 14.6 Å². The van der Waals surface area contributed by atoms with E-state index in [-0.39, 0.29) is 5.82 Å². The molecule has 0 bridgehead atoms. The minimum Gasteiger partial charge on any atom is -0.493 e. The number of aliphatic hydroxyl groups excluding tert-OH is 1. The average Bonchev–Trinajstić information content (AvgIpc) is 2.46. The highest BCUT2D eigenvalue weighted by atomic mass is 19.1. The SMILES string of the molecule is COc1cc([C@H](C)O)ccc1OCc1ccc(F)cc1. The molecular weight excluding hydrogens is 259 g/mol. The van der Waals surface area contributed by atoms with Crippen molar-refractivity contribution in [2.45, 2.75) is 19.6 Å². The van der Waals surface area contributed by atoms with Crippen molar-refractivity contribution in [2.24, 2.45) is 0 Å². The van der Waals surface area contributed by atoms with Crippen LogP contribution in [0.1, 0.15) is 24.2 Å². The van der Waals surface area contributed by atoms with Crippen LogP contribution in [0.3, 0.4) is 0 Å². The van der Waals surface area contributed by atoms with Gasteiger partial charge in [-0.15, -0.1) is 0 Å². The lowest BCUT2D eigenvalue weighted by atomic mass is 10.1. The second-order valence-corrected chi connectivity index (χ2v) is 4.50. The lowest BCUT2D eigenvalue weighted by molar-refractivity contribution is 0.198. The second kappa shape index (κ2) is 6.39. The van der Waals surface area contributed by atoms with E-state index in [2.05, 4.69) is 0 Å². The Morgan fingerprint density at radius 3 is 2.40 bits per heavy atom. The summed E-state index contributed by atoms with van der Waals surface area (Å²) in [7, 11) is 1.55. The van der Waals surface area contributed by atoms with E-state index >= 15 is 0 Å². The molecule has 3 nitrogen and oxygen atoms in total. The van der Waals surface area contributed by atoms with Crippen LogP contribution in [0.4, 0.5) is 4.39 Å². The highest BCUT2D eigenvalue weighted by molar-refractivity contribution is 5.43. The largest absolute Gasteiger partial charge is 0.493 e. The maximum atomic E-state index is 12.8. The fourth-order valence-electron chi connectivity index (χ4n) is 1.80. The molecule has 0 aromatic heterocycles. The molecule has 0 aliphatic carbocycles. The third kappa shape index (κ3) is 3.48. The van der Waals surface area contributed by atoms with Gasteiger partial charge in [0.05, 0.1) is 13.2 Å². The zero-order chi connectivity index (χ0) is 14.5. The summed E-state index contributed by atoms with van der Waals surface area (Å²) in [4.78, 5) is 0. The van der Waals surface area contributed by atoms with Crippen LogP contribution < -0.4 is 9.47 Å². The van der Waals surface area contributed by atoms with E-state index in [0.717, 1.165) is 11.1 Å². The van der Waals surface area contributed by atoms with Gasteiger partial charge in [-0.3, -0.25) is 0 Å².